The van der Waals surface area contributed by atoms with Crippen molar-refractivity contribution in [3.8, 4) is 6.07 Å². The fourth-order valence-electron chi connectivity index (χ4n) is 5.33. The zero-order valence-electron chi connectivity index (χ0n) is 23.7. The molecule has 8 nitrogen and oxygen atoms in total. The minimum Gasteiger partial charge on any atom is -0.349 e. The molecule has 1 fully saturated rings. The lowest BCUT2D eigenvalue weighted by Gasteiger charge is -2.48. The average Bonchev–Trinajstić information content (AvgIpc) is 2.98. The van der Waals surface area contributed by atoms with Crippen LogP contribution in [0.3, 0.4) is 0 Å². The lowest BCUT2D eigenvalue weighted by Crippen LogP contribution is -2.58. The summed E-state index contributed by atoms with van der Waals surface area (Å²) in [5.41, 5.74) is 4.68. The van der Waals surface area contributed by atoms with Gasteiger partial charge in [0.2, 0.25) is 0 Å². The first kappa shape index (κ1) is 27.9. The van der Waals surface area contributed by atoms with E-state index < -0.39 is 0 Å². The molecule has 1 aliphatic heterocycles. The third-order valence-corrected chi connectivity index (χ3v) is 7.37. The van der Waals surface area contributed by atoms with Crippen LogP contribution in [-0.4, -0.2) is 49.6 Å². The molecule has 3 aromatic heterocycles. The Morgan fingerprint density at radius 2 is 1.79 bits per heavy atom. The van der Waals surface area contributed by atoms with Crippen molar-refractivity contribution in [2.45, 2.75) is 59.2 Å². The molecule has 1 aromatic carbocycles. The predicted octanol–water partition coefficient (Wildman–Crippen LogP) is 5.01. The van der Waals surface area contributed by atoms with Gasteiger partial charge in [-0.1, -0.05) is 56.7 Å². The number of rotatable bonds is 5. The summed E-state index contributed by atoms with van der Waals surface area (Å²) in [5, 5.41) is 9.46. The first-order valence-corrected chi connectivity index (χ1v) is 13.7. The van der Waals surface area contributed by atoms with Crippen LogP contribution in [-0.2, 0) is 7.05 Å². The molecule has 0 saturated carbocycles. The van der Waals surface area contributed by atoms with E-state index in [4.69, 9.17) is 4.98 Å². The van der Waals surface area contributed by atoms with E-state index in [9.17, 15) is 10.1 Å². The predicted molar refractivity (Wildman–Crippen MR) is 156 cm³/mol. The number of piperazine rings is 1. The standard InChI is InChI=1S/C29H31N7O.C2H6/c1-5-23-18-35(28-26-25(34(4)29(37)33-28)14-13-22(16-30)32-26)20(3)17-36(23)27(24-8-6-7-15-31-24)21-11-9-19(2)10-12-21;1-2/h6-15,20,23,27H,5,17-18H2,1-4H3;1-2H3. The van der Waals surface area contributed by atoms with Gasteiger partial charge in [0.05, 0.1) is 17.3 Å². The fraction of sp³-hybridized carbons (Fsp3) is 0.387. The van der Waals surface area contributed by atoms with Crippen LogP contribution in [0.5, 0.6) is 0 Å². The molecule has 5 rings (SSSR count). The number of hydrogen-bond donors (Lipinski definition) is 0. The van der Waals surface area contributed by atoms with E-state index in [1.165, 1.54) is 15.7 Å². The highest BCUT2D eigenvalue weighted by atomic mass is 16.1. The number of fused-ring (bicyclic) bond motifs is 1. The second-order valence-electron chi connectivity index (χ2n) is 9.78. The van der Waals surface area contributed by atoms with E-state index >= 15 is 0 Å². The van der Waals surface area contributed by atoms with Crippen LogP contribution in [0, 0.1) is 18.3 Å². The molecule has 202 valence electrons. The quantitative estimate of drug-likeness (QED) is 0.363. The van der Waals surface area contributed by atoms with Crippen molar-refractivity contribution in [3.05, 3.63) is 93.8 Å². The lowest BCUT2D eigenvalue weighted by molar-refractivity contribution is 0.113. The van der Waals surface area contributed by atoms with E-state index in [1.54, 1.807) is 19.2 Å². The molecule has 3 unspecified atom stereocenters. The fourth-order valence-corrected chi connectivity index (χ4v) is 5.33. The molecular formula is C31H37N7O. The minimum atomic E-state index is -0.331. The Labute approximate surface area is 230 Å². The van der Waals surface area contributed by atoms with Crippen molar-refractivity contribution >= 4 is 16.9 Å². The van der Waals surface area contributed by atoms with Gasteiger partial charge in [0, 0.05) is 38.4 Å². The Balaban J connectivity index is 0.00000172. The van der Waals surface area contributed by atoms with Crippen LogP contribution in [0.1, 0.15) is 62.7 Å². The van der Waals surface area contributed by atoms with Gasteiger partial charge in [-0.15, -0.1) is 0 Å². The van der Waals surface area contributed by atoms with Gasteiger partial charge in [-0.2, -0.15) is 10.2 Å². The van der Waals surface area contributed by atoms with E-state index in [0.717, 1.165) is 18.7 Å². The molecule has 0 N–H and O–H groups in total. The Morgan fingerprint density at radius 1 is 1.05 bits per heavy atom. The number of hydrogen-bond acceptors (Lipinski definition) is 7. The van der Waals surface area contributed by atoms with Crippen molar-refractivity contribution < 1.29 is 0 Å². The van der Waals surface area contributed by atoms with Crippen molar-refractivity contribution in [1.82, 2.24) is 24.4 Å². The van der Waals surface area contributed by atoms with Gasteiger partial charge in [0.15, 0.2) is 5.82 Å². The monoisotopic (exact) mass is 523 g/mol. The summed E-state index contributed by atoms with van der Waals surface area (Å²) in [6.45, 7) is 11.9. The van der Waals surface area contributed by atoms with E-state index in [2.05, 4.69) is 76.9 Å². The molecule has 3 atom stereocenters. The summed E-state index contributed by atoms with van der Waals surface area (Å²) in [5.74, 6) is 0.547. The summed E-state index contributed by atoms with van der Waals surface area (Å²) >= 11 is 0. The molecular weight excluding hydrogens is 486 g/mol. The number of nitrogens with zero attached hydrogens (tertiary/aromatic N) is 7. The molecule has 0 spiro atoms. The Hall–Kier alpha value is -4.09. The van der Waals surface area contributed by atoms with Gasteiger partial charge in [-0.05, 0) is 50.1 Å². The normalized spacial score (nSPS) is 18.2. The van der Waals surface area contributed by atoms with Crippen LogP contribution in [0.4, 0.5) is 5.82 Å². The number of aromatic nitrogens is 4. The largest absolute Gasteiger partial charge is 0.349 e. The van der Waals surface area contributed by atoms with Crippen molar-refractivity contribution in [2.75, 3.05) is 18.0 Å². The van der Waals surface area contributed by atoms with Crippen LogP contribution in [0.25, 0.3) is 11.0 Å². The van der Waals surface area contributed by atoms with E-state index in [1.807, 2.05) is 32.2 Å². The lowest BCUT2D eigenvalue weighted by atomic mass is 9.94. The average molecular weight is 524 g/mol. The van der Waals surface area contributed by atoms with Gasteiger partial charge in [-0.25, -0.2) is 9.78 Å². The van der Waals surface area contributed by atoms with Crippen molar-refractivity contribution in [2.24, 2.45) is 7.05 Å². The maximum atomic E-state index is 12.8. The van der Waals surface area contributed by atoms with E-state index in [-0.39, 0.29) is 23.8 Å². The third-order valence-electron chi connectivity index (χ3n) is 7.37. The van der Waals surface area contributed by atoms with Crippen LogP contribution < -0.4 is 10.6 Å². The number of nitriles is 1. The highest BCUT2D eigenvalue weighted by Gasteiger charge is 2.38. The first-order chi connectivity index (χ1) is 18.9. The van der Waals surface area contributed by atoms with Gasteiger partial charge in [-0.3, -0.25) is 14.5 Å². The highest BCUT2D eigenvalue weighted by Crippen LogP contribution is 2.35. The Morgan fingerprint density at radius 3 is 2.44 bits per heavy atom. The zero-order valence-corrected chi connectivity index (χ0v) is 23.7. The number of benzene rings is 1. The molecule has 0 radical (unpaired) electrons. The third kappa shape index (κ3) is 5.55. The van der Waals surface area contributed by atoms with Gasteiger partial charge in [0.1, 0.15) is 17.3 Å². The number of anilines is 1. The molecule has 4 heterocycles. The summed E-state index contributed by atoms with van der Waals surface area (Å²) in [4.78, 5) is 31.3. The van der Waals surface area contributed by atoms with Gasteiger partial charge < -0.3 is 4.90 Å². The number of aryl methyl sites for hydroxylation is 2. The maximum Gasteiger partial charge on any atom is 0.349 e. The smallest absolute Gasteiger partial charge is 0.349 e. The molecule has 0 aliphatic carbocycles. The molecule has 0 amide bonds. The molecule has 1 saturated heterocycles. The van der Waals surface area contributed by atoms with Crippen LogP contribution in [0.15, 0.2) is 65.6 Å². The SMILES string of the molecule is CC.CCC1CN(c2nc(=O)n(C)c3ccc(C#N)nc23)C(C)CN1C(c1ccc(C)cc1)c1ccccn1. The summed E-state index contributed by atoms with van der Waals surface area (Å²) in [7, 11) is 1.68. The highest BCUT2D eigenvalue weighted by molar-refractivity contribution is 5.86. The van der Waals surface area contributed by atoms with Crippen LogP contribution >= 0.6 is 0 Å². The molecule has 4 aromatic rings. The topological polar surface area (TPSA) is 90.9 Å². The Kier molecular flexibility index (Phi) is 8.72. The summed E-state index contributed by atoms with van der Waals surface area (Å²) in [6, 6.07) is 20.6. The van der Waals surface area contributed by atoms with Crippen molar-refractivity contribution in [1.29, 1.82) is 5.26 Å². The minimum absolute atomic E-state index is 0.00742. The van der Waals surface area contributed by atoms with Gasteiger partial charge >= 0.3 is 5.69 Å². The van der Waals surface area contributed by atoms with Crippen LogP contribution in [0.2, 0.25) is 0 Å². The maximum absolute atomic E-state index is 12.8. The van der Waals surface area contributed by atoms with Crippen molar-refractivity contribution in [3.63, 3.8) is 0 Å². The number of pyridine rings is 2. The first-order valence-electron chi connectivity index (χ1n) is 13.7. The second kappa shape index (κ2) is 12.2. The summed E-state index contributed by atoms with van der Waals surface area (Å²) in [6.07, 6.45) is 2.77. The summed E-state index contributed by atoms with van der Waals surface area (Å²) < 4.78 is 1.49. The molecule has 0 bridgehead atoms. The molecule has 39 heavy (non-hydrogen) atoms. The van der Waals surface area contributed by atoms with E-state index in [0.29, 0.717) is 29.1 Å². The molecule has 1 aliphatic rings. The Bertz CT molecular complexity index is 1510. The zero-order chi connectivity index (χ0) is 28.1. The second-order valence-corrected chi connectivity index (χ2v) is 9.78. The van der Waals surface area contributed by atoms with Gasteiger partial charge in [0.25, 0.3) is 0 Å². The molecule has 8 heteroatoms.